The Morgan fingerprint density at radius 3 is 2.26 bits per heavy atom. The minimum atomic E-state index is -2.56. The first-order valence-corrected chi connectivity index (χ1v) is 20.9. The summed E-state index contributed by atoms with van der Waals surface area (Å²) in [7, 11) is -2.56. The van der Waals surface area contributed by atoms with Crippen LogP contribution in [0.15, 0.2) is 18.5 Å². The van der Waals surface area contributed by atoms with Gasteiger partial charge in [-0.15, -0.1) is 0 Å². The average molecular weight is 777 g/mol. The highest BCUT2D eigenvalue weighted by Gasteiger charge is 2.62. The number of hydrogen-bond acceptors (Lipinski definition) is 15. The number of carbonyl (C=O) groups excluding carboxylic acids is 5. The van der Waals surface area contributed by atoms with E-state index >= 15 is 0 Å². The van der Waals surface area contributed by atoms with Crippen LogP contribution in [0.25, 0.3) is 5.52 Å². The highest BCUT2D eigenvalue weighted by atomic mass is 28.4. The smallest absolute Gasteiger partial charge is 0.415 e. The molecule has 298 valence electrons. The summed E-state index contributed by atoms with van der Waals surface area (Å²) in [5, 5.41) is 20.3. The van der Waals surface area contributed by atoms with Crippen molar-refractivity contribution in [2.24, 2.45) is 11.3 Å². The number of nitriles is 1. The Kier molecular flexibility index (Phi) is 13.8. The molecule has 19 heteroatoms. The van der Waals surface area contributed by atoms with Crippen molar-refractivity contribution < 1.29 is 56.8 Å². The van der Waals surface area contributed by atoms with Crippen LogP contribution in [0, 0.1) is 22.7 Å². The van der Waals surface area contributed by atoms with Crippen LogP contribution >= 0.6 is 0 Å². The Morgan fingerprint density at radius 1 is 1.04 bits per heavy atom. The maximum Gasteiger partial charge on any atom is 0.415 e. The van der Waals surface area contributed by atoms with Crippen molar-refractivity contribution in [1.82, 2.24) is 19.9 Å². The number of carbonyl (C=O) groups is 5. The van der Waals surface area contributed by atoms with Crippen molar-refractivity contribution in [3.63, 3.8) is 0 Å². The molecule has 3 rings (SSSR count). The van der Waals surface area contributed by atoms with Gasteiger partial charge in [0.2, 0.25) is 12.4 Å². The molecule has 0 saturated carbocycles. The third kappa shape index (κ3) is 11.1. The monoisotopic (exact) mass is 776 g/mol. The van der Waals surface area contributed by atoms with E-state index in [1.165, 1.54) is 16.6 Å². The molecule has 0 bridgehead atoms. The molecule has 1 saturated heterocycles. The zero-order valence-electron chi connectivity index (χ0n) is 32.9. The number of rotatable bonds is 13. The Morgan fingerprint density at radius 2 is 1.70 bits per heavy atom. The summed E-state index contributed by atoms with van der Waals surface area (Å²) in [5.74, 6) is -2.43. The van der Waals surface area contributed by atoms with Gasteiger partial charge in [0.15, 0.2) is 20.2 Å². The second-order valence-corrected chi connectivity index (χ2v) is 20.4. The molecule has 1 aliphatic rings. The molecular weight excluding hydrogens is 725 g/mol. The van der Waals surface area contributed by atoms with Crippen LogP contribution in [0.3, 0.4) is 0 Å². The van der Waals surface area contributed by atoms with E-state index < -0.39 is 98.7 Å². The van der Waals surface area contributed by atoms with Gasteiger partial charge in [-0.25, -0.2) is 23.9 Å². The van der Waals surface area contributed by atoms with Gasteiger partial charge in [-0.2, -0.15) is 10.4 Å². The first-order chi connectivity index (χ1) is 24.9. The summed E-state index contributed by atoms with van der Waals surface area (Å²) in [6, 6.07) is 4.14. The van der Waals surface area contributed by atoms with Gasteiger partial charge in [-0.05, 0) is 79.2 Å². The fourth-order valence-corrected chi connectivity index (χ4v) is 6.23. The van der Waals surface area contributed by atoms with Crippen molar-refractivity contribution in [2.75, 3.05) is 18.7 Å². The molecule has 2 N–H and O–H groups in total. The maximum absolute atomic E-state index is 13.4. The van der Waals surface area contributed by atoms with Gasteiger partial charge in [0.25, 0.3) is 0 Å². The van der Waals surface area contributed by atoms with E-state index in [0.29, 0.717) is 0 Å². The zero-order valence-corrected chi connectivity index (χ0v) is 33.9. The molecular formula is C35H52N6O12Si. The van der Waals surface area contributed by atoms with Crippen LogP contribution < -0.4 is 10.6 Å². The molecule has 54 heavy (non-hydrogen) atoms. The summed E-state index contributed by atoms with van der Waals surface area (Å²) in [5.41, 5.74) is -3.29. The SMILES string of the molecule is CCC(=O)O[C@H]1[C@@H](O[Si](C)(C)C)[C@](C#N)(c2ccc3c(NC(=O)OCOC(=O)C(C)(C)C)ncnn23)O[C@@H]1COC(=O)[C@@H](NC(=O)OC(C)(C)C)C(C)C. The zero-order chi connectivity index (χ0) is 40.8. The standard InChI is InChI=1S/C35H52N6O12Si/c1-13-24(42)50-26-22(16-47-29(43)25(20(2)3)39-32(46)52-34(7,8)9)51-35(17-36,27(26)53-54(10,11)12)23-15-14-21-28(37-18-38-41(21)23)40-31(45)49-19-48-30(44)33(4,5)6/h14-15,18,20,22,25-27H,13,16,19H2,1-12H3,(H,39,46)(H,37,38,40,45)/t22-,25+,26-,27-,35+/m1/s1. The Balaban J connectivity index is 1.99. The molecule has 3 heterocycles. The number of alkyl carbamates (subject to hydrolysis) is 1. The predicted octanol–water partition coefficient (Wildman–Crippen LogP) is 4.58. The number of hydrogen-bond donors (Lipinski definition) is 2. The topological polar surface area (TPSA) is 228 Å². The van der Waals surface area contributed by atoms with Gasteiger partial charge in [0.05, 0.1) is 11.1 Å². The van der Waals surface area contributed by atoms with Crippen molar-refractivity contribution in [2.45, 2.75) is 124 Å². The molecule has 1 aliphatic heterocycles. The van der Waals surface area contributed by atoms with Crippen LogP contribution in [0.5, 0.6) is 0 Å². The number of anilines is 1. The van der Waals surface area contributed by atoms with Crippen LogP contribution in [0.2, 0.25) is 19.6 Å². The summed E-state index contributed by atoms with van der Waals surface area (Å²) >= 11 is 0. The van der Waals surface area contributed by atoms with Crippen molar-refractivity contribution in [3.05, 3.63) is 24.2 Å². The molecule has 18 nitrogen and oxygen atoms in total. The highest BCUT2D eigenvalue weighted by molar-refractivity contribution is 6.69. The lowest BCUT2D eigenvalue weighted by molar-refractivity contribution is -0.162. The second kappa shape index (κ2) is 17.1. The maximum atomic E-state index is 13.4. The summed E-state index contributed by atoms with van der Waals surface area (Å²) < 4.78 is 41.1. The third-order valence-electron chi connectivity index (χ3n) is 7.63. The fraction of sp³-hybridized carbons (Fsp3) is 0.657. The van der Waals surface area contributed by atoms with E-state index in [4.69, 9.17) is 32.8 Å². The number of nitrogens with one attached hydrogen (secondary N) is 2. The molecule has 2 aromatic heterocycles. The minimum absolute atomic E-state index is 0.0146. The Bertz CT molecular complexity index is 1740. The Labute approximate surface area is 315 Å². The number of amides is 2. The molecule has 5 atom stereocenters. The normalized spacial score (nSPS) is 20.8. The Hall–Kier alpha value is -4.80. The number of ether oxygens (including phenoxy) is 6. The molecule has 0 aromatic carbocycles. The summed E-state index contributed by atoms with van der Waals surface area (Å²) in [6.45, 7) is 19.5. The van der Waals surface area contributed by atoms with Gasteiger partial charge in [-0.3, -0.25) is 14.9 Å². The molecule has 0 aliphatic carbocycles. The minimum Gasteiger partial charge on any atom is -0.461 e. The lowest BCUT2D eigenvalue weighted by Gasteiger charge is -2.33. The molecule has 0 unspecified atom stereocenters. The van der Waals surface area contributed by atoms with Crippen molar-refractivity contribution in [3.8, 4) is 6.07 Å². The van der Waals surface area contributed by atoms with E-state index in [2.05, 4.69) is 26.8 Å². The summed E-state index contributed by atoms with van der Waals surface area (Å²) in [6.07, 6.45) is -4.41. The van der Waals surface area contributed by atoms with Crippen LogP contribution in [-0.2, 0) is 52.8 Å². The second-order valence-electron chi connectivity index (χ2n) is 15.9. The molecule has 2 amide bonds. The van der Waals surface area contributed by atoms with Gasteiger partial charge in [-0.1, -0.05) is 20.8 Å². The molecule has 0 spiro atoms. The van der Waals surface area contributed by atoms with Gasteiger partial charge in [0.1, 0.15) is 48.4 Å². The molecule has 0 radical (unpaired) electrons. The first-order valence-electron chi connectivity index (χ1n) is 17.5. The highest BCUT2D eigenvalue weighted by Crippen LogP contribution is 2.45. The van der Waals surface area contributed by atoms with E-state index in [1.54, 1.807) is 62.3 Å². The number of esters is 3. The predicted molar refractivity (Wildman–Crippen MR) is 193 cm³/mol. The first kappa shape index (κ1) is 43.6. The van der Waals surface area contributed by atoms with E-state index in [9.17, 15) is 29.2 Å². The lowest BCUT2D eigenvalue weighted by atomic mass is 9.92. The van der Waals surface area contributed by atoms with Crippen LogP contribution in [0.4, 0.5) is 15.4 Å². The molecule has 1 fully saturated rings. The van der Waals surface area contributed by atoms with Gasteiger partial charge in [0, 0.05) is 6.42 Å². The molecule has 2 aromatic rings. The van der Waals surface area contributed by atoms with Gasteiger partial charge < -0.3 is 38.2 Å². The van der Waals surface area contributed by atoms with Crippen molar-refractivity contribution >= 4 is 49.7 Å². The summed E-state index contributed by atoms with van der Waals surface area (Å²) in [4.78, 5) is 67.6. The number of fused-ring (bicyclic) bond motifs is 1. The van der Waals surface area contributed by atoms with E-state index in [1.807, 2.05) is 19.6 Å². The van der Waals surface area contributed by atoms with Crippen LogP contribution in [-0.4, -0.2) is 96.4 Å². The quantitative estimate of drug-likeness (QED) is 0.123. The largest absolute Gasteiger partial charge is 0.461 e. The van der Waals surface area contributed by atoms with Gasteiger partial charge >= 0.3 is 30.1 Å². The average Bonchev–Trinajstić information content (AvgIpc) is 3.60. The number of aromatic nitrogens is 3. The van der Waals surface area contributed by atoms with E-state index in [0.717, 1.165) is 6.33 Å². The van der Waals surface area contributed by atoms with Crippen LogP contribution in [0.1, 0.15) is 74.4 Å². The third-order valence-corrected chi connectivity index (χ3v) is 8.59. The fourth-order valence-electron chi connectivity index (χ4n) is 5.17. The van der Waals surface area contributed by atoms with E-state index in [-0.39, 0.29) is 23.4 Å². The lowest BCUT2D eigenvalue weighted by Crippen LogP contribution is -2.50. The van der Waals surface area contributed by atoms with Crippen molar-refractivity contribution in [1.29, 1.82) is 5.26 Å². The number of nitrogens with zero attached hydrogens (tertiary/aromatic N) is 4.